The second-order valence-corrected chi connectivity index (χ2v) is 3.94. The van der Waals surface area contributed by atoms with E-state index in [4.69, 9.17) is 20.1 Å². The molecular formula is C12H28O4. The lowest BCUT2D eigenvalue weighted by atomic mass is 9.88. The van der Waals surface area contributed by atoms with E-state index in [0.717, 1.165) is 26.1 Å². The van der Waals surface area contributed by atoms with Crippen molar-refractivity contribution in [2.75, 3.05) is 33.0 Å². The van der Waals surface area contributed by atoms with E-state index in [0.29, 0.717) is 6.42 Å². The number of ether oxygens (including phenoxy) is 1. The molecule has 3 N–H and O–H groups in total. The van der Waals surface area contributed by atoms with Crippen molar-refractivity contribution in [3.63, 3.8) is 0 Å². The van der Waals surface area contributed by atoms with Crippen molar-refractivity contribution in [3.8, 4) is 0 Å². The van der Waals surface area contributed by atoms with E-state index >= 15 is 0 Å². The molecule has 0 aromatic heterocycles. The average Bonchev–Trinajstić information content (AvgIpc) is 2.34. The highest BCUT2D eigenvalue weighted by atomic mass is 16.5. The lowest BCUT2D eigenvalue weighted by Gasteiger charge is -2.24. The van der Waals surface area contributed by atoms with Crippen LogP contribution < -0.4 is 0 Å². The molecule has 4 nitrogen and oxygen atoms in total. The first-order valence-electron chi connectivity index (χ1n) is 6.06. The summed E-state index contributed by atoms with van der Waals surface area (Å²) in [6, 6.07) is 0. The fourth-order valence-corrected chi connectivity index (χ4v) is 0.876. The van der Waals surface area contributed by atoms with Crippen LogP contribution in [0.25, 0.3) is 0 Å². The normalized spacial score (nSPS) is 10.9. The third-order valence-corrected chi connectivity index (χ3v) is 2.45. The van der Waals surface area contributed by atoms with Gasteiger partial charge in [-0.3, -0.25) is 0 Å². The topological polar surface area (TPSA) is 69.9 Å². The summed E-state index contributed by atoms with van der Waals surface area (Å²) >= 11 is 0. The van der Waals surface area contributed by atoms with Gasteiger partial charge in [-0.25, -0.2) is 0 Å². The second-order valence-electron chi connectivity index (χ2n) is 3.94. The number of hydrogen-bond acceptors (Lipinski definition) is 4. The van der Waals surface area contributed by atoms with Gasteiger partial charge in [0.1, 0.15) is 0 Å². The predicted octanol–water partition coefficient (Wildman–Crippen LogP) is 1.18. The van der Waals surface area contributed by atoms with Crippen molar-refractivity contribution in [2.45, 2.75) is 40.0 Å². The van der Waals surface area contributed by atoms with Gasteiger partial charge in [-0.05, 0) is 19.3 Å². The van der Waals surface area contributed by atoms with Crippen molar-refractivity contribution >= 4 is 0 Å². The van der Waals surface area contributed by atoms with E-state index < -0.39 is 5.41 Å². The molecule has 4 heteroatoms. The molecule has 0 aliphatic heterocycles. The fourth-order valence-electron chi connectivity index (χ4n) is 0.876. The van der Waals surface area contributed by atoms with Crippen molar-refractivity contribution < 1.29 is 20.1 Å². The lowest BCUT2D eigenvalue weighted by molar-refractivity contribution is 0.00304. The van der Waals surface area contributed by atoms with E-state index in [1.807, 2.05) is 6.92 Å². The Labute approximate surface area is 99.3 Å². The Bertz CT molecular complexity index is 103. The Morgan fingerprint density at radius 3 is 1.31 bits per heavy atom. The first-order chi connectivity index (χ1) is 7.66. The fraction of sp³-hybridized carbons (Fsp3) is 1.00. The third kappa shape index (κ3) is 9.09. The second kappa shape index (κ2) is 12.9. The maximum Gasteiger partial charge on any atom is 0.0531 e. The van der Waals surface area contributed by atoms with Gasteiger partial charge in [0.15, 0.2) is 0 Å². The molecule has 0 saturated heterocycles. The zero-order valence-electron chi connectivity index (χ0n) is 10.9. The minimum Gasteiger partial charge on any atom is -0.396 e. The van der Waals surface area contributed by atoms with Crippen LogP contribution in [-0.2, 0) is 4.74 Å². The molecule has 0 spiro atoms. The highest BCUT2D eigenvalue weighted by Gasteiger charge is 2.24. The molecule has 0 aliphatic carbocycles. The molecule has 0 saturated carbocycles. The molecular weight excluding hydrogens is 208 g/mol. The van der Waals surface area contributed by atoms with E-state index in [1.165, 1.54) is 0 Å². The third-order valence-electron chi connectivity index (χ3n) is 2.45. The standard InChI is InChI=1S/C6H14O3.C6H14O/c1-2-6(3-7,4-8)5-9;1-3-5-7-6-4-2/h7-9H,2-5H2,1H3;3-6H2,1-2H3. The molecule has 0 bridgehead atoms. The molecule has 16 heavy (non-hydrogen) atoms. The quantitative estimate of drug-likeness (QED) is 0.554. The summed E-state index contributed by atoms with van der Waals surface area (Å²) in [6.45, 7) is 7.44. The number of aliphatic hydroxyl groups is 3. The average molecular weight is 236 g/mol. The van der Waals surface area contributed by atoms with Crippen LogP contribution in [0.4, 0.5) is 0 Å². The number of rotatable bonds is 8. The molecule has 0 aromatic carbocycles. The van der Waals surface area contributed by atoms with Gasteiger partial charge in [-0.1, -0.05) is 20.8 Å². The van der Waals surface area contributed by atoms with E-state index in [2.05, 4.69) is 13.8 Å². The lowest BCUT2D eigenvalue weighted by Crippen LogP contribution is -2.32. The van der Waals surface area contributed by atoms with Crippen LogP contribution in [0, 0.1) is 5.41 Å². The Morgan fingerprint density at radius 2 is 1.19 bits per heavy atom. The molecule has 0 amide bonds. The number of hydrogen-bond donors (Lipinski definition) is 3. The molecule has 0 aromatic rings. The van der Waals surface area contributed by atoms with Crippen molar-refractivity contribution in [1.82, 2.24) is 0 Å². The Kier molecular flexibility index (Phi) is 14.7. The number of aliphatic hydroxyl groups excluding tert-OH is 3. The molecule has 0 aliphatic rings. The van der Waals surface area contributed by atoms with E-state index in [-0.39, 0.29) is 19.8 Å². The molecule has 0 heterocycles. The van der Waals surface area contributed by atoms with Crippen molar-refractivity contribution in [1.29, 1.82) is 0 Å². The summed E-state index contributed by atoms with van der Waals surface area (Å²) in [5.74, 6) is 0. The predicted molar refractivity (Wildman–Crippen MR) is 65.4 cm³/mol. The van der Waals surface area contributed by atoms with Crippen LogP contribution in [0.5, 0.6) is 0 Å². The minimum absolute atomic E-state index is 0.156. The summed E-state index contributed by atoms with van der Waals surface area (Å²) < 4.78 is 5.13. The van der Waals surface area contributed by atoms with Crippen molar-refractivity contribution in [3.05, 3.63) is 0 Å². The Morgan fingerprint density at radius 1 is 0.812 bits per heavy atom. The SMILES string of the molecule is CCC(CO)(CO)CO.CCCOCCC. The van der Waals surface area contributed by atoms with Crippen molar-refractivity contribution in [2.24, 2.45) is 5.41 Å². The van der Waals surface area contributed by atoms with Gasteiger partial charge in [0.25, 0.3) is 0 Å². The molecule has 0 fully saturated rings. The van der Waals surface area contributed by atoms with Gasteiger partial charge in [0.05, 0.1) is 19.8 Å². The van der Waals surface area contributed by atoms with Gasteiger partial charge >= 0.3 is 0 Å². The summed E-state index contributed by atoms with van der Waals surface area (Å²) in [5, 5.41) is 26.0. The van der Waals surface area contributed by atoms with Crippen LogP contribution in [-0.4, -0.2) is 48.4 Å². The maximum absolute atomic E-state index is 8.66. The highest BCUT2D eigenvalue weighted by molar-refractivity contribution is 4.74. The van der Waals surface area contributed by atoms with Crippen LogP contribution in [0.2, 0.25) is 0 Å². The minimum atomic E-state index is -0.667. The van der Waals surface area contributed by atoms with Gasteiger partial charge in [-0.2, -0.15) is 0 Å². The molecule has 0 atom stereocenters. The molecule has 100 valence electrons. The largest absolute Gasteiger partial charge is 0.396 e. The zero-order valence-corrected chi connectivity index (χ0v) is 10.9. The van der Waals surface area contributed by atoms with Crippen LogP contribution in [0.1, 0.15) is 40.0 Å². The van der Waals surface area contributed by atoms with Gasteiger partial charge < -0.3 is 20.1 Å². The van der Waals surface area contributed by atoms with Gasteiger partial charge in [0.2, 0.25) is 0 Å². The highest BCUT2D eigenvalue weighted by Crippen LogP contribution is 2.18. The molecule has 0 unspecified atom stereocenters. The first-order valence-corrected chi connectivity index (χ1v) is 6.06. The van der Waals surface area contributed by atoms with Gasteiger partial charge in [-0.15, -0.1) is 0 Å². The van der Waals surface area contributed by atoms with E-state index in [9.17, 15) is 0 Å². The smallest absolute Gasteiger partial charge is 0.0531 e. The summed E-state index contributed by atoms with van der Waals surface area (Å²) in [7, 11) is 0. The molecule has 0 radical (unpaired) electrons. The summed E-state index contributed by atoms with van der Waals surface area (Å²) in [6.07, 6.45) is 2.87. The Balaban J connectivity index is 0. The Hall–Kier alpha value is -0.160. The monoisotopic (exact) mass is 236 g/mol. The van der Waals surface area contributed by atoms with Crippen LogP contribution in [0.3, 0.4) is 0 Å². The maximum atomic E-state index is 8.66. The summed E-state index contributed by atoms with van der Waals surface area (Å²) in [5.41, 5.74) is -0.667. The molecule has 0 rings (SSSR count). The first kappa shape index (κ1) is 18.2. The van der Waals surface area contributed by atoms with Gasteiger partial charge in [0, 0.05) is 18.6 Å². The zero-order chi connectivity index (χ0) is 12.9. The van der Waals surface area contributed by atoms with Crippen LogP contribution >= 0.6 is 0 Å². The van der Waals surface area contributed by atoms with Crippen LogP contribution in [0.15, 0.2) is 0 Å². The summed E-state index contributed by atoms with van der Waals surface area (Å²) in [4.78, 5) is 0. The van der Waals surface area contributed by atoms with E-state index in [1.54, 1.807) is 0 Å².